The molecule has 0 atom stereocenters. The molecule has 5 nitrogen and oxygen atoms in total. The third-order valence-electron chi connectivity index (χ3n) is 3.31. The lowest BCUT2D eigenvalue weighted by Gasteiger charge is -2.11. The third-order valence-corrected chi connectivity index (χ3v) is 4.39. The number of halogens is 1. The molecule has 2 aromatic carbocycles. The van der Waals surface area contributed by atoms with Gasteiger partial charge in [0.05, 0.1) is 5.75 Å². The largest absolute Gasteiger partial charge is 0.483 e. The SMILES string of the molecule is CC(=O)CSc1nnc(COc2ccccc2F)n1-c1ccccc1. The molecule has 1 aromatic heterocycles. The summed E-state index contributed by atoms with van der Waals surface area (Å²) in [5.74, 6) is 0.610. The number of benzene rings is 2. The highest BCUT2D eigenvalue weighted by Crippen LogP contribution is 2.23. The van der Waals surface area contributed by atoms with E-state index in [-0.39, 0.29) is 18.1 Å². The van der Waals surface area contributed by atoms with Gasteiger partial charge in [-0.15, -0.1) is 10.2 Å². The van der Waals surface area contributed by atoms with Crippen LogP contribution < -0.4 is 4.74 Å². The zero-order valence-corrected chi connectivity index (χ0v) is 14.4. The lowest BCUT2D eigenvalue weighted by atomic mass is 10.3. The molecule has 0 amide bonds. The molecule has 0 saturated heterocycles. The molecule has 0 aliphatic rings. The second-order valence-electron chi connectivity index (χ2n) is 5.28. The van der Waals surface area contributed by atoms with Crippen molar-refractivity contribution < 1.29 is 13.9 Å². The van der Waals surface area contributed by atoms with E-state index in [1.165, 1.54) is 24.8 Å². The Morgan fingerprint density at radius 1 is 1.12 bits per heavy atom. The van der Waals surface area contributed by atoms with Crippen molar-refractivity contribution in [1.29, 1.82) is 0 Å². The highest BCUT2D eigenvalue weighted by molar-refractivity contribution is 7.99. The van der Waals surface area contributed by atoms with Gasteiger partial charge in [0.1, 0.15) is 12.4 Å². The molecule has 0 fully saturated rings. The highest BCUT2D eigenvalue weighted by atomic mass is 32.2. The molecular weight excluding hydrogens is 341 g/mol. The third kappa shape index (κ3) is 4.24. The van der Waals surface area contributed by atoms with Gasteiger partial charge in [0.15, 0.2) is 22.5 Å². The smallest absolute Gasteiger partial charge is 0.196 e. The number of thioether (sulfide) groups is 1. The summed E-state index contributed by atoms with van der Waals surface area (Å²) < 4.78 is 21.1. The van der Waals surface area contributed by atoms with E-state index in [0.717, 1.165) is 5.69 Å². The van der Waals surface area contributed by atoms with Gasteiger partial charge >= 0.3 is 0 Å². The van der Waals surface area contributed by atoms with Crippen molar-refractivity contribution in [3.8, 4) is 11.4 Å². The van der Waals surface area contributed by atoms with Gasteiger partial charge < -0.3 is 4.74 Å². The first-order chi connectivity index (χ1) is 12.1. The number of ketones is 1. The fourth-order valence-corrected chi connectivity index (χ4v) is 2.96. The van der Waals surface area contributed by atoms with E-state index in [9.17, 15) is 9.18 Å². The van der Waals surface area contributed by atoms with Gasteiger partial charge in [0.2, 0.25) is 0 Å². The van der Waals surface area contributed by atoms with Gasteiger partial charge in [-0.2, -0.15) is 0 Å². The average molecular weight is 357 g/mol. The van der Waals surface area contributed by atoms with E-state index < -0.39 is 5.82 Å². The van der Waals surface area contributed by atoms with Gasteiger partial charge in [0, 0.05) is 5.69 Å². The summed E-state index contributed by atoms with van der Waals surface area (Å²) in [7, 11) is 0. The minimum absolute atomic E-state index is 0.0526. The zero-order chi connectivity index (χ0) is 17.6. The summed E-state index contributed by atoms with van der Waals surface area (Å²) in [5.41, 5.74) is 0.852. The maximum atomic E-state index is 13.7. The van der Waals surface area contributed by atoms with Crippen molar-refractivity contribution >= 4 is 17.5 Å². The number of rotatable bonds is 7. The lowest BCUT2D eigenvalue weighted by molar-refractivity contribution is -0.114. The van der Waals surface area contributed by atoms with Crippen molar-refractivity contribution in [3.63, 3.8) is 0 Å². The molecule has 0 aliphatic heterocycles. The summed E-state index contributed by atoms with van der Waals surface area (Å²) in [6.45, 7) is 1.59. The first kappa shape index (κ1) is 17.2. The molecule has 0 radical (unpaired) electrons. The average Bonchev–Trinajstić information content (AvgIpc) is 3.03. The van der Waals surface area contributed by atoms with Crippen LogP contribution in [-0.2, 0) is 11.4 Å². The Bertz CT molecular complexity index is 868. The lowest BCUT2D eigenvalue weighted by Crippen LogP contribution is -2.07. The minimum Gasteiger partial charge on any atom is -0.483 e. The number of para-hydroxylation sites is 2. The van der Waals surface area contributed by atoms with Gasteiger partial charge in [-0.3, -0.25) is 9.36 Å². The maximum Gasteiger partial charge on any atom is 0.196 e. The van der Waals surface area contributed by atoms with E-state index in [0.29, 0.717) is 16.7 Å². The second kappa shape index (κ2) is 7.94. The molecule has 0 spiro atoms. The van der Waals surface area contributed by atoms with Gasteiger partial charge in [-0.05, 0) is 31.2 Å². The van der Waals surface area contributed by atoms with Crippen LogP contribution in [-0.4, -0.2) is 26.3 Å². The van der Waals surface area contributed by atoms with E-state index in [1.807, 2.05) is 34.9 Å². The molecule has 128 valence electrons. The topological polar surface area (TPSA) is 57.0 Å². The Morgan fingerprint density at radius 2 is 1.84 bits per heavy atom. The number of Topliss-reactive ketones (excluding diaryl/α,β-unsaturated/α-hetero) is 1. The normalized spacial score (nSPS) is 10.6. The Morgan fingerprint density at radius 3 is 2.56 bits per heavy atom. The van der Waals surface area contributed by atoms with Gasteiger partial charge in [-0.25, -0.2) is 4.39 Å². The molecule has 0 bridgehead atoms. The van der Waals surface area contributed by atoms with Crippen molar-refractivity contribution in [1.82, 2.24) is 14.8 Å². The van der Waals surface area contributed by atoms with Crippen LogP contribution in [0.25, 0.3) is 5.69 Å². The molecule has 3 aromatic rings. The fourth-order valence-electron chi connectivity index (χ4n) is 2.19. The van der Waals surface area contributed by atoms with E-state index in [4.69, 9.17) is 4.74 Å². The van der Waals surface area contributed by atoms with Crippen LogP contribution in [0.3, 0.4) is 0 Å². The Kier molecular flexibility index (Phi) is 5.45. The monoisotopic (exact) mass is 357 g/mol. The van der Waals surface area contributed by atoms with E-state index >= 15 is 0 Å². The maximum absolute atomic E-state index is 13.7. The van der Waals surface area contributed by atoms with Crippen LogP contribution >= 0.6 is 11.8 Å². The molecule has 25 heavy (non-hydrogen) atoms. The first-order valence-corrected chi connectivity index (χ1v) is 8.63. The Hall–Kier alpha value is -2.67. The van der Waals surface area contributed by atoms with Crippen molar-refractivity contribution in [2.45, 2.75) is 18.7 Å². The molecule has 0 saturated carbocycles. The van der Waals surface area contributed by atoms with Crippen molar-refractivity contribution in [2.75, 3.05) is 5.75 Å². The molecule has 0 aliphatic carbocycles. The molecule has 3 rings (SSSR count). The van der Waals surface area contributed by atoms with Crippen LogP contribution in [0, 0.1) is 5.82 Å². The standard InChI is InChI=1S/C18H16FN3O2S/c1-13(23)12-25-18-21-20-17(22(18)14-7-3-2-4-8-14)11-24-16-10-6-5-9-15(16)19/h2-10H,11-12H2,1H3. The number of hydrogen-bond donors (Lipinski definition) is 0. The molecule has 1 heterocycles. The van der Waals surface area contributed by atoms with Crippen molar-refractivity contribution in [2.24, 2.45) is 0 Å². The highest BCUT2D eigenvalue weighted by Gasteiger charge is 2.16. The van der Waals surface area contributed by atoms with Crippen LogP contribution in [0.2, 0.25) is 0 Å². The molecular formula is C18H16FN3O2S. The quantitative estimate of drug-likeness (QED) is 0.604. The van der Waals surface area contributed by atoms with Crippen LogP contribution in [0.15, 0.2) is 59.8 Å². The van der Waals surface area contributed by atoms with Crippen LogP contribution in [0.1, 0.15) is 12.7 Å². The molecule has 0 unspecified atom stereocenters. The minimum atomic E-state index is -0.431. The number of nitrogens with zero attached hydrogens (tertiary/aromatic N) is 3. The zero-order valence-electron chi connectivity index (χ0n) is 13.6. The summed E-state index contributed by atoms with van der Waals surface area (Å²) >= 11 is 1.31. The first-order valence-electron chi connectivity index (χ1n) is 7.64. The Labute approximate surface area is 148 Å². The fraction of sp³-hybridized carbons (Fsp3) is 0.167. The number of hydrogen-bond acceptors (Lipinski definition) is 5. The predicted molar refractivity (Wildman–Crippen MR) is 93.5 cm³/mol. The van der Waals surface area contributed by atoms with E-state index in [1.54, 1.807) is 18.2 Å². The molecule has 7 heteroatoms. The van der Waals surface area contributed by atoms with E-state index in [2.05, 4.69) is 10.2 Å². The summed E-state index contributed by atoms with van der Waals surface area (Å²) in [6, 6.07) is 15.7. The second-order valence-corrected chi connectivity index (χ2v) is 6.22. The van der Waals surface area contributed by atoms with Gasteiger partial charge in [0.25, 0.3) is 0 Å². The van der Waals surface area contributed by atoms with Crippen molar-refractivity contribution in [3.05, 3.63) is 66.2 Å². The number of carbonyl (C=O) groups is 1. The number of carbonyl (C=O) groups excluding carboxylic acids is 1. The number of aromatic nitrogens is 3. The van der Waals surface area contributed by atoms with Gasteiger partial charge in [-0.1, -0.05) is 42.1 Å². The van der Waals surface area contributed by atoms with Crippen LogP contribution in [0.5, 0.6) is 5.75 Å². The Balaban J connectivity index is 1.88. The summed E-state index contributed by atoms with van der Waals surface area (Å²) in [6.07, 6.45) is 0. The molecule has 0 N–H and O–H groups in total. The predicted octanol–water partition coefficient (Wildman–Crippen LogP) is 3.67. The summed E-state index contributed by atoms with van der Waals surface area (Å²) in [5, 5.41) is 8.89. The number of ether oxygens (including phenoxy) is 1. The summed E-state index contributed by atoms with van der Waals surface area (Å²) in [4.78, 5) is 11.3. The van der Waals surface area contributed by atoms with Crippen LogP contribution in [0.4, 0.5) is 4.39 Å².